The number of hydrogen-bond acceptors (Lipinski definition) is 7. The Morgan fingerprint density at radius 1 is 1.13 bits per heavy atom. The van der Waals surface area contributed by atoms with Crippen LogP contribution in [0.25, 0.3) is 17.2 Å². The molecule has 3 aromatic rings. The van der Waals surface area contributed by atoms with E-state index >= 15 is 0 Å². The predicted molar refractivity (Wildman–Crippen MR) is 145 cm³/mol. The summed E-state index contributed by atoms with van der Waals surface area (Å²) < 4.78 is 51.9. The number of carbonyl (C=O) groups is 1. The number of likely N-dealkylation sites (N-methyl/N-ethyl adjacent to an activating group) is 1. The highest BCUT2D eigenvalue weighted by Crippen LogP contribution is 2.37. The van der Waals surface area contributed by atoms with Crippen LogP contribution in [-0.2, 0) is 20.3 Å². The minimum Gasteiger partial charge on any atom is -0.506 e. The molecule has 0 saturated carbocycles. The van der Waals surface area contributed by atoms with Gasteiger partial charge in [0.25, 0.3) is 0 Å². The second-order valence-electron chi connectivity index (χ2n) is 9.84. The molecule has 9 heteroatoms. The Balaban J connectivity index is 2.06. The van der Waals surface area contributed by atoms with Crippen molar-refractivity contribution in [3.05, 3.63) is 77.5 Å². The fourth-order valence-electron chi connectivity index (χ4n) is 3.99. The number of ether oxygens (including phenoxy) is 1. The molecule has 0 bridgehead atoms. The molecule has 0 atom stereocenters. The largest absolute Gasteiger partial charge is 0.506 e. The Kier molecular flexibility index (Phi) is 9.17. The molecule has 0 spiro atoms. The topological polar surface area (TPSA) is 97.0 Å². The quantitative estimate of drug-likeness (QED) is 0.245. The molecule has 1 heterocycles. The Bertz CT molecular complexity index is 1400. The molecule has 7 nitrogen and oxygen atoms in total. The summed E-state index contributed by atoms with van der Waals surface area (Å²) >= 11 is 0. The van der Waals surface area contributed by atoms with Gasteiger partial charge in [-0.3, -0.25) is 0 Å². The van der Waals surface area contributed by atoms with E-state index in [0.717, 1.165) is 19.2 Å². The molecule has 38 heavy (non-hydrogen) atoms. The van der Waals surface area contributed by atoms with Gasteiger partial charge in [0.15, 0.2) is 9.84 Å². The van der Waals surface area contributed by atoms with Crippen molar-refractivity contribution in [3.63, 3.8) is 0 Å². The van der Waals surface area contributed by atoms with Crippen molar-refractivity contribution >= 4 is 21.9 Å². The van der Waals surface area contributed by atoms with Crippen LogP contribution in [-0.4, -0.2) is 49.6 Å². The number of esters is 1. The van der Waals surface area contributed by atoms with E-state index < -0.39 is 38.7 Å². The lowest BCUT2D eigenvalue weighted by atomic mass is 9.99. The molecular formula is C29H34FNO6S. The van der Waals surface area contributed by atoms with Crippen molar-refractivity contribution in [2.75, 3.05) is 19.6 Å². The summed E-state index contributed by atoms with van der Waals surface area (Å²) in [5, 5.41) is 11.1. The Hall–Kier alpha value is -3.43. The fraction of sp³-hybridized carbons (Fsp3) is 0.345. The van der Waals surface area contributed by atoms with E-state index in [1.807, 2.05) is 13.8 Å². The normalized spacial score (nSPS) is 12.4. The first kappa shape index (κ1) is 29.1. The van der Waals surface area contributed by atoms with Crippen LogP contribution in [0.4, 0.5) is 4.39 Å². The molecule has 204 valence electrons. The van der Waals surface area contributed by atoms with Crippen molar-refractivity contribution in [3.8, 4) is 16.9 Å². The van der Waals surface area contributed by atoms with Crippen molar-refractivity contribution in [1.82, 2.24) is 4.90 Å². The van der Waals surface area contributed by atoms with E-state index in [2.05, 4.69) is 4.90 Å². The van der Waals surface area contributed by atoms with E-state index in [9.17, 15) is 22.7 Å². The third-order valence-electron chi connectivity index (χ3n) is 5.91. The van der Waals surface area contributed by atoms with Gasteiger partial charge in [0.1, 0.15) is 22.7 Å². The minimum absolute atomic E-state index is 0.0615. The highest BCUT2D eigenvalue weighted by Gasteiger charge is 2.29. The number of benzene rings is 2. The van der Waals surface area contributed by atoms with Crippen LogP contribution in [0.1, 0.15) is 56.1 Å². The summed E-state index contributed by atoms with van der Waals surface area (Å²) in [6, 6.07) is 8.07. The average Bonchev–Trinajstić information content (AvgIpc) is 3.35. The maximum absolute atomic E-state index is 14.1. The van der Waals surface area contributed by atoms with Crippen LogP contribution < -0.4 is 0 Å². The molecule has 1 N–H and O–H groups in total. The van der Waals surface area contributed by atoms with Gasteiger partial charge in [-0.15, -0.1) is 0 Å². The number of phenols is 1. The van der Waals surface area contributed by atoms with E-state index in [0.29, 0.717) is 17.7 Å². The number of phenolic OH excluding ortho intramolecular Hbond substituents is 1. The minimum atomic E-state index is -4.07. The van der Waals surface area contributed by atoms with Crippen LogP contribution in [0.15, 0.2) is 64.3 Å². The molecule has 0 unspecified atom stereocenters. The number of sulfone groups is 1. The zero-order valence-electron chi connectivity index (χ0n) is 22.3. The van der Waals surface area contributed by atoms with Crippen LogP contribution >= 0.6 is 0 Å². The van der Waals surface area contributed by atoms with E-state index in [1.54, 1.807) is 39.0 Å². The second kappa shape index (κ2) is 12.0. The molecule has 0 aliphatic rings. The first-order valence-corrected chi connectivity index (χ1v) is 14.0. The van der Waals surface area contributed by atoms with Crippen LogP contribution in [0.2, 0.25) is 0 Å². The third kappa shape index (κ3) is 7.11. The number of carbonyl (C=O) groups excluding carboxylic acids is 1. The molecule has 0 aliphatic carbocycles. The number of halogens is 1. The van der Waals surface area contributed by atoms with Gasteiger partial charge >= 0.3 is 5.97 Å². The van der Waals surface area contributed by atoms with E-state index in [-0.39, 0.29) is 21.6 Å². The monoisotopic (exact) mass is 543 g/mol. The molecule has 1 aromatic heterocycles. The maximum atomic E-state index is 14.1. The molecule has 3 rings (SSSR count). The van der Waals surface area contributed by atoms with Crippen LogP contribution in [0, 0.1) is 5.82 Å². The Labute approximate surface area is 223 Å². The number of furan rings is 1. The highest BCUT2D eigenvalue weighted by molar-refractivity contribution is 7.90. The summed E-state index contributed by atoms with van der Waals surface area (Å²) in [4.78, 5) is 15.2. The summed E-state index contributed by atoms with van der Waals surface area (Å²) in [6.07, 6.45) is 6.20. The van der Waals surface area contributed by atoms with Crippen molar-refractivity contribution in [1.29, 1.82) is 0 Å². The van der Waals surface area contributed by atoms with Crippen molar-refractivity contribution < 1.29 is 31.9 Å². The smallest absolute Gasteiger partial charge is 0.342 e. The first-order chi connectivity index (χ1) is 17.9. The summed E-state index contributed by atoms with van der Waals surface area (Å²) in [5.41, 5.74) is -0.0570. The van der Waals surface area contributed by atoms with Crippen LogP contribution in [0.3, 0.4) is 0 Å². The number of rotatable bonds is 10. The second-order valence-corrected chi connectivity index (χ2v) is 11.8. The third-order valence-corrected chi connectivity index (χ3v) is 7.64. The molecule has 0 saturated heterocycles. The van der Waals surface area contributed by atoms with Crippen molar-refractivity contribution in [2.45, 2.75) is 50.9 Å². The zero-order chi connectivity index (χ0) is 28.1. The molecule has 0 aliphatic heterocycles. The number of hydrogen-bond donors (Lipinski definition) is 1. The predicted octanol–water partition coefficient (Wildman–Crippen LogP) is 6.08. The lowest BCUT2D eigenvalue weighted by Crippen LogP contribution is -2.25. The summed E-state index contributed by atoms with van der Waals surface area (Å²) in [5.74, 6) is -2.44. The highest BCUT2D eigenvalue weighted by atomic mass is 32.2. The van der Waals surface area contributed by atoms with Gasteiger partial charge < -0.3 is 19.2 Å². The fourth-order valence-corrected chi connectivity index (χ4v) is 5.55. The zero-order valence-corrected chi connectivity index (χ0v) is 23.1. The van der Waals surface area contributed by atoms with Gasteiger partial charge in [-0.1, -0.05) is 38.1 Å². The molecule has 0 fully saturated rings. The first-order valence-electron chi connectivity index (χ1n) is 12.4. The van der Waals surface area contributed by atoms with Gasteiger partial charge in [0, 0.05) is 17.7 Å². The van der Waals surface area contributed by atoms with Gasteiger partial charge in [0.2, 0.25) is 0 Å². The lowest BCUT2D eigenvalue weighted by molar-refractivity contribution is 0.00659. The van der Waals surface area contributed by atoms with Gasteiger partial charge in [0.05, 0.1) is 23.2 Å². The van der Waals surface area contributed by atoms with E-state index in [4.69, 9.17) is 9.15 Å². The number of aromatic hydroxyl groups is 1. The Morgan fingerprint density at radius 3 is 2.45 bits per heavy atom. The summed E-state index contributed by atoms with van der Waals surface area (Å²) in [6.45, 7) is 11.3. The lowest BCUT2D eigenvalue weighted by Gasteiger charge is -2.22. The number of nitrogens with zero attached hydrogens (tertiary/aromatic N) is 1. The van der Waals surface area contributed by atoms with Gasteiger partial charge in [-0.05, 0) is 69.3 Å². The average molecular weight is 544 g/mol. The molecular weight excluding hydrogens is 509 g/mol. The molecule has 0 amide bonds. The van der Waals surface area contributed by atoms with Gasteiger partial charge in [-0.25, -0.2) is 17.6 Å². The van der Waals surface area contributed by atoms with Gasteiger partial charge in [-0.2, -0.15) is 0 Å². The Morgan fingerprint density at radius 2 is 1.84 bits per heavy atom. The summed E-state index contributed by atoms with van der Waals surface area (Å²) in [7, 11) is -4.07. The SMILES string of the molecule is CCN(CC)C/C=C/c1cc(F)ccc1S(=O)(=O)Cc1ccc(-c2ccoc2)c(O)c1C(=O)OC(C)(C)C. The van der Waals surface area contributed by atoms with Crippen molar-refractivity contribution in [2.24, 2.45) is 0 Å². The molecule has 2 aromatic carbocycles. The maximum Gasteiger partial charge on any atom is 0.342 e. The standard InChI is InChI=1S/C29H34FNO6S/c1-6-31(7-2)15-8-9-20-17-23(30)11-13-25(20)38(34,35)19-22-10-12-24(21-14-16-36-18-21)27(32)26(22)28(33)37-29(3,4)5/h8-14,16-18,32H,6-7,15,19H2,1-5H3/b9-8+. The van der Waals surface area contributed by atoms with Crippen LogP contribution in [0.5, 0.6) is 5.75 Å². The molecule has 0 radical (unpaired) electrons. The van der Waals surface area contributed by atoms with E-state index in [1.165, 1.54) is 36.8 Å².